The van der Waals surface area contributed by atoms with Gasteiger partial charge in [-0.2, -0.15) is 0 Å². The molecule has 120 valence electrons. The van der Waals surface area contributed by atoms with Gasteiger partial charge in [-0.3, -0.25) is 0 Å². The maximum absolute atomic E-state index is 6.23. The van der Waals surface area contributed by atoms with Gasteiger partial charge in [0.2, 0.25) is 0 Å². The summed E-state index contributed by atoms with van der Waals surface area (Å²) < 4.78 is 1.06. The summed E-state index contributed by atoms with van der Waals surface area (Å²) >= 11 is 11.6. The third-order valence-corrected chi connectivity index (χ3v) is 7.42. The minimum Gasteiger partial charge on any atom is -0.309 e. The van der Waals surface area contributed by atoms with E-state index in [2.05, 4.69) is 55.0 Å². The molecule has 0 aliphatic heterocycles. The summed E-state index contributed by atoms with van der Waals surface area (Å²) in [6.45, 7) is 10.4. The van der Waals surface area contributed by atoms with Crippen LogP contribution in [0.5, 0.6) is 0 Å². The molecule has 21 heavy (non-hydrogen) atoms. The zero-order chi connectivity index (χ0) is 15.6. The number of rotatable bonds is 4. The van der Waals surface area contributed by atoms with E-state index in [9.17, 15) is 0 Å². The Balaban J connectivity index is 2.07. The van der Waals surface area contributed by atoms with E-state index in [-0.39, 0.29) is 0 Å². The van der Waals surface area contributed by atoms with Crippen molar-refractivity contribution in [1.29, 1.82) is 0 Å². The molecule has 0 saturated heterocycles. The van der Waals surface area contributed by atoms with Gasteiger partial charge in [-0.15, -0.1) is 11.3 Å². The van der Waals surface area contributed by atoms with Crippen LogP contribution in [0.4, 0.5) is 0 Å². The molecule has 4 heteroatoms. The Morgan fingerprint density at radius 1 is 1.33 bits per heavy atom. The van der Waals surface area contributed by atoms with Gasteiger partial charge in [0.25, 0.3) is 0 Å². The van der Waals surface area contributed by atoms with Crippen molar-refractivity contribution in [2.75, 3.05) is 6.54 Å². The first-order valence-electron chi connectivity index (χ1n) is 8.01. The van der Waals surface area contributed by atoms with Crippen molar-refractivity contribution in [1.82, 2.24) is 5.32 Å². The Hall–Kier alpha value is 0.430. The summed E-state index contributed by atoms with van der Waals surface area (Å²) in [6.07, 6.45) is 5.37. The van der Waals surface area contributed by atoms with Gasteiger partial charge in [0.1, 0.15) is 0 Å². The zero-order valence-electron chi connectivity index (χ0n) is 13.5. The highest BCUT2D eigenvalue weighted by Crippen LogP contribution is 2.45. The molecule has 0 radical (unpaired) electrons. The Morgan fingerprint density at radius 2 is 1.95 bits per heavy atom. The zero-order valence-corrected chi connectivity index (χ0v) is 16.7. The predicted molar refractivity (Wildman–Crippen MR) is 98.3 cm³/mol. The van der Waals surface area contributed by atoms with Gasteiger partial charge in [-0.1, -0.05) is 39.3 Å². The van der Waals surface area contributed by atoms with Gasteiger partial charge in [0, 0.05) is 10.9 Å². The second kappa shape index (κ2) is 7.33. The number of hydrogen-bond acceptors (Lipinski definition) is 2. The third kappa shape index (κ3) is 4.46. The second-order valence-corrected chi connectivity index (χ2v) is 10.1. The van der Waals surface area contributed by atoms with Crippen molar-refractivity contribution >= 4 is 38.9 Å². The van der Waals surface area contributed by atoms with Crippen LogP contribution in [-0.4, -0.2) is 6.54 Å². The standard InChI is InChI=1S/C17H27BrClNS/c1-5-20-15(14-10-13(19)16(18)21-14)11-6-8-12(9-7-11)17(2,3)4/h10-12,15,20H,5-9H2,1-4H3. The molecule has 0 bridgehead atoms. The fourth-order valence-electron chi connectivity index (χ4n) is 3.55. The molecule has 1 N–H and O–H groups in total. The molecule has 1 aliphatic rings. The molecule has 1 nitrogen and oxygen atoms in total. The van der Waals surface area contributed by atoms with Gasteiger partial charge in [-0.05, 0) is 71.5 Å². The summed E-state index contributed by atoms with van der Waals surface area (Å²) in [4.78, 5) is 1.38. The van der Waals surface area contributed by atoms with Crippen LogP contribution < -0.4 is 5.32 Å². The van der Waals surface area contributed by atoms with Crippen molar-refractivity contribution in [3.8, 4) is 0 Å². The van der Waals surface area contributed by atoms with Crippen molar-refractivity contribution in [2.45, 2.75) is 59.4 Å². The molecule has 1 atom stereocenters. The second-order valence-electron chi connectivity index (χ2n) is 7.28. The number of thiophene rings is 1. The maximum atomic E-state index is 6.23. The average Bonchev–Trinajstić information content (AvgIpc) is 2.75. The normalized spacial score (nSPS) is 25.0. The van der Waals surface area contributed by atoms with Crippen molar-refractivity contribution in [3.63, 3.8) is 0 Å². The molecular formula is C17H27BrClNS. The van der Waals surface area contributed by atoms with Gasteiger partial charge in [0.05, 0.1) is 8.81 Å². The highest BCUT2D eigenvalue weighted by Gasteiger charge is 2.33. The molecule has 0 amide bonds. The first-order valence-corrected chi connectivity index (χ1v) is 9.99. The predicted octanol–water partition coefficient (Wildman–Crippen LogP) is 6.67. The lowest BCUT2D eigenvalue weighted by Gasteiger charge is -2.39. The molecule has 0 spiro atoms. The summed E-state index contributed by atoms with van der Waals surface area (Å²) in [7, 11) is 0. The van der Waals surface area contributed by atoms with E-state index in [0.29, 0.717) is 11.5 Å². The molecule has 1 saturated carbocycles. The van der Waals surface area contributed by atoms with E-state index in [0.717, 1.165) is 27.2 Å². The molecule has 1 heterocycles. The van der Waals surface area contributed by atoms with Crippen LogP contribution in [0.25, 0.3) is 0 Å². The van der Waals surface area contributed by atoms with Crippen LogP contribution in [-0.2, 0) is 0 Å². The highest BCUT2D eigenvalue weighted by molar-refractivity contribution is 9.11. The first-order chi connectivity index (χ1) is 9.82. The molecule has 0 aromatic carbocycles. The lowest BCUT2D eigenvalue weighted by Crippen LogP contribution is -2.33. The fourth-order valence-corrected chi connectivity index (χ4v) is 5.47. The van der Waals surface area contributed by atoms with Gasteiger partial charge >= 0.3 is 0 Å². The van der Waals surface area contributed by atoms with Gasteiger partial charge < -0.3 is 5.32 Å². The van der Waals surface area contributed by atoms with Crippen LogP contribution in [0.15, 0.2) is 9.85 Å². The summed E-state index contributed by atoms with van der Waals surface area (Å²) in [5.41, 5.74) is 0.452. The number of hydrogen-bond donors (Lipinski definition) is 1. The largest absolute Gasteiger partial charge is 0.309 e. The summed E-state index contributed by atoms with van der Waals surface area (Å²) in [5, 5.41) is 4.54. The fraction of sp³-hybridized carbons (Fsp3) is 0.765. The number of halogens is 2. The molecule has 1 unspecified atom stereocenters. The minimum atomic E-state index is 0.452. The molecule has 1 aliphatic carbocycles. The average molecular weight is 393 g/mol. The van der Waals surface area contributed by atoms with Gasteiger partial charge in [0.15, 0.2) is 0 Å². The number of nitrogens with one attached hydrogen (secondary N) is 1. The Labute approximate surface area is 147 Å². The van der Waals surface area contributed by atoms with Crippen molar-refractivity contribution in [2.24, 2.45) is 17.3 Å². The van der Waals surface area contributed by atoms with Crippen LogP contribution in [0.2, 0.25) is 5.02 Å². The lowest BCUT2D eigenvalue weighted by molar-refractivity contribution is 0.133. The molecule has 1 aromatic heterocycles. The monoisotopic (exact) mass is 391 g/mol. The van der Waals surface area contributed by atoms with E-state index in [1.807, 2.05) is 0 Å². The Bertz CT molecular complexity index is 438. The Kier molecular flexibility index (Phi) is 6.21. The van der Waals surface area contributed by atoms with Crippen LogP contribution in [0.3, 0.4) is 0 Å². The van der Waals surface area contributed by atoms with Crippen LogP contribution in [0.1, 0.15) is 64.3 Å². The molecule has 1 aromatic rings. The molecule has 2 rings (SSSR count). The molecular weight excluding hydrogens is 366 g/mol. The van der Waals surface area contributed by atoms with Gasteiger partial charge in [-0.25, -0.2) is 0 Å². The van der Waals surface area contributed by atoms with Crippen LogP contribution >= 0.6 is 38.9 Å². The topological polar surface area (TPSA) is 12.0 Å². The highest BCUT2D eigenvalue weighted by atomic mass is 79.9. The quantitative estimate of drug-likeness (QED) is 0.603. The van der Waals surface area contributed by atoms with Crippen molar-refractivity contribution in [3.05, 3.63) is 19.8 Å². The van der Waals surface area contributed by atoms with E-state index in [1.165, 1.54) is 30.6 Å². The summed E-state index contributed by atoms with van der Waals surface area (Å²) in [5.74, 6) is 1.61. The van der Waals surface area contributed by atoms with Crippen molar-refractivity contribution < 1.29 is 0 Å². The molecule has 1 fully saturated rings. The Morgan fingerprint density at radius 3 is 2.38 bits per heavy atom. The van der Waals surface area contributed by atoms with E-state index in [1.54, 1.807) is 11.3 Å². The smallest absolute Gasteiger partial charge is 0.0887 e. The van der Waals surface area contributed by atoms with E-state index < -0.39 is 0 Å². The minimum absolute atomic E-state index is 0.452. The third-order valence-electron chi connectivity index (χ3n) is 4.86. The van der Waals surface area contributed by atoms with E-state index in [4.69, 9.17) is 11.6 Å². The SMILES string of the molecule is CCNC(c1cc(Cl)c(Br)s1)C1CCC(C(C)(C)C)CC1. The lowest BCUT2D eigenvalue weighted by atomic mass is 9.68. The van der Waals surface area contributed by atoms with Crippen LogP contribution in [0, 0.1) is 17.3 Å². The maximum Gasteiger partial charge on any atom is 0.0887 e. The summed E-state index contributed by atoms with van der Waals surface area (Å²) in [6, 6.07) is 2.60. The first kappa shape index (κ1) is 17.8. The van der Waals surface area contributed by atoms with E-state index >= 15 is 0 Å².